The second kappa shape index (κ2) is 13.4. The molecular weight excluding hydrogens is 356 g/mol. The summed E-state index contributed by atoms with van der Waals surface area (Å²) in [6.45, 7) is 9.39. The Morgan fingerprint density at radius 1 is 0.708 bits per heavy atom. The Balaban J connectivity index is 4.68. The summed E-state index contributed by atoms with van der Waals surface area (Å²) in [5.74, 6) is 0. The lowest BCUT2D eigenvalue weighted by molar-refractivity contribution is 0.186. The Hall–Kier alpha value is 0.220. The third kappa shape index (κ3) is 10.3. The minimum absolute atomic E-state index is 0.0544. The number of aliphatic hydroxyl groups excluding tert-OH is 1. The van der Waals surface area contributed by atoms with Crippen LogP contribution in [0.15, 0.2) is 0 Å². The van der Waals surface area contributed by atoms with E-state index in [1.54, 1.807) is 27.7 Å². The first kappa shape index (κ1) is 24.2. The third-order valence-electron chi connectivity index (χ3n) is 3.10. The average Bonchev–Trinajstić information content (AvgIpc) is 2.51. The largest absolute Gasteiger partial charge is 0.395 e. The molecule has 0 saturated carbocycles. The molecule has 10 heteroatoms. The smallest absolute Gasteiger partial charge is 0.331 e. The van der Waals surface area contributed by atoms with Gasteiger partial charge in [0.25, 0.3) is 0 Å². The molecule has 0 aromatic heterocycles. The van der Waals surface area contributed by atoms with Crippen LogP contribution in [0.1, 0.15) is 27.7 Å². The normalized spacial score (nSPS) is 12.9. The summed E-state index contributed by atoms with van der Waals surface area (Å²) in [5.41, 5.74) is 0. The molecule has 0 saturated heterocycles. The highest BCUT2D eigenvalue weighted by Crippen LogP contribution is 2.49. The van der Waals surface area contributed by atoms with Crippen molar-refractivity contribution in [2.45, 2.75) is 27.7 Å². The van der Waals surface area contributed by atoms with Crippen LogP contribution in [0.2, 0.25) is 0 Å². The van der Waals surface area contributed by atoms with Gasteiger partial charge in [-0.3, -0.25) is 14.0 Å². The summed E-state index contributed by atoms with van der Waals surface area (Å²) >= 11 is 0. The molecule has 0 aliphatic carbocycles. The van der Waals surface area contributed by atoms with Gasteiger partial charge < -0.3 is 23.2 Å². The molecule has 24 heavy (non-hydrogen) atoms. The van der Waals surface area contributed by atoms with E-state index in [0.717, 1.165) is 0 Å². The molecule has 0 radical (unpaired) electrons. The van der Waals surface area contributed by atoms with Gasteiger partial charge in [-0.05, 0) is 27.7 Å². The predicted octanol–water partition coefficient (Wildman–Crippen LogP) is 2.81. The molecule has 0 bridgehead atoms. The Kier molecular flexibility index (Phi) is 13.6. The number of hydrogen-bond donors (Lipinski definition) is 1. The Morgan fingerprint density at radius 2 is 1.04 bits per heavy atom. The zero-order chi connectivity index (χ0) is 18.5. The van der Waals surface area contributed by atoms with E-state index in [1.165, 1.54) is 0 Å². The first-order chi connectivity index (χ1) is 11.4. The highest BCUT2D eigenvalue weighted by Gasteiger charge is 2.27. The molecular formula is C14H33NO7P2. The van der Waals surface area contributed by atoms with Crippen molar-refractivity contribution in [2.75, 3.05) is 65.0 Å². The minimum Gasteiger partial charge on any atom is -0.395 e. The lowest BCUT2D eigenvalue weighted by Crippen LogP contribution is -2.33. The lowest BCUT2D eigenvalue weighted by Gasteiger charge is -2.26. The molecule has 0 rings (SSSR count). The van der Waals surface area contributed by atoms with Crippen LogP contribution >= 0.6 is 15.2 Å². The van der Waals surface area contributed by atoms with Gasteiger partial charge in [0.2, 0.25) is 0 Å². The first-order valence-corrected chi connectivity index (χ1v) is 11.9. The fourth-order valence-corrected chi connectivity index (χ4v) is 5.42. The fraction of sp³-hybridized carbons (Fsp3) is 1.00. The molecule has 146 valence electrons. The van der Waals surface area contributed by atoms with Crippen LogP contribution in [-0.2, 0) is 27.2 Å². The van der Waals surface area contributed by atoms with Gasteiger partial charge in [0.05, 0.1) is 45.4 Å². The predicted molar refractivity (Wildman–Crippen MR) is 95.0 cm³/mol. The molecule has 8 nitrogen and oxygen atoms in total. The molecule has 0 atom stereocenters. The van der Waals surface area contributed by atoms with E-state index in [0.29, 0.717) is 46.1 Å². The second-order valence-electron chi connectivity index (χ2n) is 4.91. The van der Waals surface area contributed by atoms with Gasteiger partial charge in [-0.15, -0.1) is 0 Å². The van der Waals surface area contributed by atoms with Crippen LogP contribution in [0.3, 0.4) is 0 Å². The summed E-state index contributed by atoms with van der Waals surface area (Å²) in [7, 11) is -6.28. The van der Waals surface area contributed by atoms with E-state index < -0.39 is 15.2 Å². The van der Waals surface area contributed by atoms with Gasteiger partial charge in [-0.2, -0.15) is 0 Å². The SMILES string of the molecule is CCOP(=O)(CCN(CCO)CCP(=O)(OCC)OCC)OCC. The Morgan fingerprint density at radius 3 is 1.29 bits per heavy atom. The van der Waals surface area contributed by atoms with Crippen LogP contribution in [0.5, 0.6) is 0 Å². The topological polar surface area (TPSA) is 94.5 Å². The van der Waals surface area contributed by atoms with E-state index in [9.17, 15) is 14.2 Å². The lowest BCUT2D eigenvalue weighted by atomic mass is 10.5. The summed E-state index contributed by atoms with van der Waals surface area (Å²) in [6.07, 6.45) is 0.421. The minimum atomic E-state index is -3.14. The quantitative estimate of drug-likeness (QED) is 0.403. The maximum absolute atomic E-state index is 12.5. The number of rotatable bonds is 16. The molecule has 0 aromatic carbocycles. The number of aliphatic hydroxyl groups is 1. The van der Waals surface area contributed by atoms with Gasteiger partial charge >= 0.3 is 15.2 Å². The molecule has 0 heterocycles. The molecule has 0 aliphatic rings. The van der Waals surface area contributed by atoms with Crippen LogP contribution in [0, 0.1) is 0 Å². The van der Waals surface area contributed by atoms with Crippen molar-refractivity contribution in [3.05, 3.63) is 0 Å². The average molecular weight is 389 g/mol. The monoisotopic (exact) mass is 389 g/mol. The standard InChI is InChI=1S/C14H33NO7P2/c1-5-19-23(17,20-6-2)13-10-15(9-12-16)11-14-24(18,21-7-3)22-8-4/h16H,5-14H2,1-4H3. The second-order valence-corrected chi connectivity index (χ2v) is 9.28. The fourth-order valence-electron chi connectivity index (χ4n) is 2.12. The van der Waals surface area contributed by atoms with Gasteiger partial charge in [-0.25, -0.2) is 0 Å². The molecule has 0 amide bonds. The maximum Gasteiger partial charge on any atom is 0.331 e. The van der Waals surface area contributed by atoms with E-state index in [1.807, 2.05) is 4.90 Å². The van der Waals surface area contributed by atoms with Crippen molar-refractivity contribution >= 4 is 15.2 Å². The van der Waals surface area contributed by atoms with Gasteiger partial charge in [0.15, 0.2) is 0 Å². The molecule has 0 aliphatic heterocycles. The van der Waals surface area contributed by atoms with Gasteiger partial charge in [0.1, 0.15) is 0 Å². The van der Waals surface area contributed by atoms with Gasteiger partial charge in [-0.1, -0.05) is 0 Å². The third-order valence-corrected chi connectivity index (χ3v) is 7.20. The van der Waals surface area contributed by atoms with E-state index in [4.69, 9.17) is 18.1 Å². The summed E-state index contributed by atoms with van der Waals surface area (Å²) in [4.78, 5) is 1.86. The van der Waals surface area contributed by atoms with Crippen LogP contribution in [0.25, 0.3) is 0 Å². The van der Waals surface area contributed by atoms with Crippen LogP contribution < -0.4 is 0 Å². The van der Waals surface area contributed by atoms with Crippen molar-refractivity contribution in [1.29, 1.82) is 0 Å². The van der Waals surface area contributed by atoms with E-state index >= 15 is 0 Å². The maximum atomic E-state index is 12.5. The van der Waals surface area contributed by atoms with E-state index in [-0.39, 0.29) is 18.9 Å². The zero-order valence-corrected chi connectivity index (χ0v) is 17.1. The Labute approximate surface area is 145 Å². The molecule has 0 aromatic rings. The highest BCUT2D eigenvalue weighted by molar-refractivity contribution is 7.54. The highest BCUT2D eigenvalue weighted by atomic mass is 31.2. The first-order valence-electron chi connectivity index (χ1n) is 8.48. The zero-order valence-electron chi connectivity index (χ0n) is 15.3. The summed E-state index contributed by atoms with van der Waals surface area (Å²) in [5, 5.41) is 9.20. The molecule has 1 N–H and O–H groups in total. The molecule has 0 spiro atoms. The molecule has 0 fully saturated rings. The van der Waals surface area contributed by atoms with Crippen LogP contribution in [0.4, 0.5) is 0 Å². The summed E-state index contributed by atoms with van der Waals surface area (Å²) < 4.78 is 46.0. The molecule has 0 unspecified atom stereocenters. The van der Waals surface area contributed by atoms with Crippen LogP contribution in [-0.4, -0.2) is 75.0 Å². The van der Waals surface area contributed by atoms with Crippen molar-refractivity contribution in [1.82, 2.24) is 4.90 Å². The van der Waals surface area contributed by atoms with Crippen molar-refractivity contribution < 1.29 is 32.3 Å². The van der Waals surface area contributed by atoms with E-state index in [2.05, 4.69) is 0 Å². The van der Waals surface area contributed by atoms with Crippen molar-refractivity contribution in [3.8, 4) is 0 Å². The number of hydrogen-bond acceptors (Lipinski definition) is 8. The number of nitrogens with zero attached hydrogens (tertiary/aromatic N) is 1. The van der Waals surface area contributed by atoms with Crippen molar-refractivity contribution in [2.24, 2.45) is 0 Å². The van der Waals surface area contributed by atoms with Crippen molar-refractivity contribution in [3.63, 3.8) is 0 Å². The summed E-state index contributed by atoms with van der Waals surface area (Å²) in [6, 6.07) is 0. The van der Waals surface area contributed by atoms with Gasteiger partial charge in [0, 0.05) is 19.6 Å². The Bertz CT molecular complexity index is 355.